The minimum Gasteiger partial charge on any atom is -0.347 e. The molecule has 0 aliphatic rings. The van der Waals surface area contributed by atoms with Crippen molar-refractivity contribution in [2.45, 2.75) is 13.5 Å². The number of halogens is 1. The van der Waals surface area contributed by atoms with E-state index in [2.05, 4.69) is 15.1 Å². The van der Waals surface area contributed by atoms with Gasteiger partial charge in [0.1, 0.15) is 5.56 Å². The summed E-state index contributed by atoms with van der Waals surface area (Å²) in [4.78, 5) is 25.4. The molecular formula is C24H21ClN4O2. The number of hydrogen-bond donors (Lipinski definition) is 1. The van der Waals surface area contributed by atoms with Gasteiger partial charge in [0, 0.05) is 40.4 Å². The molecule has 2 aromatic heterocycles. The highest BCUT2D eigenvalue weighted by Crippen LogP contribution is 2.23. The maximum absolute atomic E-state index is 12.8. The van der Waals surface area contributed by atoms with Crippen LogP contribution in [0.25, 0.3) is 10.9 Å². The van der Waals surface area contributed by atoms with Crippen LogP contribution in [0.5, 0.6) is 0 Å². The van der Waals surface area contributed by atoms with E-state index >= 15 is 0 Å². The van der Waals surface area contributed by atoms with Crippen molar-refractivity contribution >= 4 is 34.6 Å². The summed E-state index contributed by atoms with van der Waals surface area (Å²) in [5.74, 6) is -0.562. The van der Waals surface area contributed by atoms with Crippen LogP contribution < -0.4 is 11.0 Å². The lowest BCUT2D eigenvalue weighted by Gasteiger charge is -2.09. The zero-order valence-electron chi connectivity index (χ0n) is 17.2. The van der Waals surface area contributed by atoms with Gasteiger partial charge in [0.15, 0.2) is 0 Å². The van der Waals surface area contributed by atoms with Crippen LogP contribution in [0, 0.1) is 6.92 Å². The summed E-state index contributed by atoms with van der Waals surface area (Å²) >= 11 is 6.20. The Hall–Kier alpha value is -3.64. The lowest BCUT2D eigenvalue weighted by molar-refractivity contribution is 0.0953. The molecule has 0 atom stereocenters. The largest absolute Gasteiger partial charge is 0.347 e. The fourth-order valence-electron chi connectivity index (χ4n) is 3.57. The van der Waals surface area contributed by atoms with Crippen LogP contribution in [-0.2, 0) is 13.6 Å². The van der Waals surface area contributed by atoms with E-state index in [1.165, 1.54) is 10.6 Å². The molecule has 0 saturated carbocycles. The molecule has 0 bridgehead atoms. The predicted molar refractivity (Wildman–Crippen MR) is 124 cm³/mol. The molecule has 1 N–H and O–H groups in total. The van der Waals surface area contributed by atoms with Crippen molar-refractivity contribution in [1.29, 1.82) is 0 Å². The lowest BCUT2D eigenvalue weighted by atomic mass is 10.1. The van der Waals surface area contributed by atoms with Crippen LogP contribution in [0.3, 0.4) is 0 Å². The third-order valence-electron chi connectivity index (χ3n) is 5.37. The third-order valence-corrected chi connectivity index (χ3v) is 5.74. The maximum Gasteiger partial charge on any atom is 0.276 e. The number of hydrogen-bond acceptors (Lipinski definition) is 3. The Bertz CT molecular complexity index is 1370. The molecule has 0 unspecified atom stereocenters. The van der Waals surface area contributed by atoms with Gasteiger partial charge in [-0.25, -0.2) is 5.43 Å². The number of para-hydroxylation sites is 1. The van der Waals surface area contributed by atoms with Gasteiger partial charge in [0.2, 0.25) is 0 Å². The van der Waals surface area contributed by atoms with Gasteiger partial charge < -0.3 is 9.13 Å². The molecule has 0 saturated heterocycles. The van der Waals surface area contributed by atoms with Gasteiger partial charge in [0.25, 0.3) is 11.5 Å². The van der Waals surface area contributed by atoms with E-state index in [0.717, 1.165) is 27.7 Å². The molecule has 2 aromatic carbocycles. The second-order valence-electron chi connectivity index (χ2n) is 7.22. The monoisotopic (exact) mass is 432 g/mol. The Morgan fingerprint density at radius 3 is 2.65 bits per heavy atom. The SMILES string of the molecule is Cc1c(/C=N\NC(=O)c2cccn(Cc3ccccc3Cl)c2=O)c2ccccc2n1C. The van der Waals surface area contributed by atoms with Gasteiger partial charge in [0.05, 0.1) is 12.8 Å². The van der Waals surface area contributed by atoms with E-state index in [4.69, 9.17) is 11.6 Å². The number of aromatic nitrogens is 2. The normalized spacial score (nSPS) is 11.3. The minimum absolute atomic E-state index is 0.0151. The zero-order valence-corrected chi connectivity index (χ0v) is 17.9. The summed E-state index contributed by atoms with van der Waals surface area (Å²) in [6.45, 7) is 2.27. The van der Waals surface area contributed by atoms with Gasteiger partial charge in [-0.15, -0.1) is 0 Å². The first kappa shape index (κ1) is 20.6. The number of nitrogens with one attached hydrogen (secondary N) is 1. The summed E-state index contributed by atoms with van der Waals surface area (Å²) in [5.41, 5.74) is 5.91. The molecule has 2 heterocycles. The summed E-state index contributed by atoms with van der Waals surface area (Å²) < 4.78 is 3.53. The molecule has 7 heteroatoms. The molecule has 4 aromatic rings. The standard InChI is InChI=1S/C24H21ClN4O2/c1-16-20(18-9-4-6-12-22(18)28(16)2)14-26-27-23(30)19-10-7-13-29(24(19)31)15-17-8-3-5-11-21(17)25/h3-14H,15H2,1-2H3,(H,27,30)/b26-14-. The number of pyridine rings is 1. The van der Waals surface area contributed by atoms with Crippen molar-refractivity contribution in [1.82, 2.24) is 14.6 Å². The van der Waals surface area contributed by atoms with Crippen molar-refractivity contribution in [2.75, 3.05) is 0 Å². The average Bonchev–Trinajstić information content (AvgIpc) is 3.01. The molecule has 1 amide bonds. The van der Waals surface area contributed by atoms with E-state index in [-0.39, 0.29) is 12.1 Å². The number of carbonyl (C=O) groups excluding carboxylic acids is 1. The first-order valence-electron chi connectivity index (χ1n) is 9.77. The molecule has 0 fully saturated rings. The second-order valence-corrected chi connectivity index (χ2v) is 7.63. The fourth-order valence-corrected chi connectivity index (χ4v) is 3.77. The molecule has 31 heavy (non-hydrogen) atoms. The molecule has 156 valence electrons. The van der Waals surface area contributed by atoms with Crippen molar-refractivity contribution in [3.63, 3.8) is 0 Å². The van der Waals surface area contributed by atoms with Crippen LogP contribution >= 0.6 is 11.6 Å². The van der Waals surface area contributed by atoms with Crippen LogP contribution in [-0.4, -0.2) is 21.3 Å². The third kappa shape index (κ3) is 4.02. The summed E-state index contributed by atoms with van der Waals surface area (Å²) in [5, 5.41) is 5.72. The molecule has 4 rings (SSSR count). The molecular weight excluding hydrogens is 412 g/mol. The van der Waals surface area contributed by atoms with Crippen molar-refractivity contribution < 1.29 is 4.79 Å². The van der Waals surface area contributed by atoms with E-state index < -0.39 is 11.5 Å². The lowest BCUT2D eigenvalue weighted by Crippen LogP contribution is -2.31. The van der Waals surface area contributed by atoms with Crippen LogP contribution in [0.1, 0.15) is 27.2 Å². The summed E-state index contributed by atoms with van der Waals surface area (Å²) in [6.07, 6.45) is 3.24. The highest BCUT2D eigenvalue weighted by atomic mass is 35.5. The molecule has 0 spiro atoms. The summed E-state index contributed by atoms with van der Waals surface area (Å²) in [6, 6.07) is 18.4. The van der Waals surface area contributed by atoms with Crippen molar-refractivity contribution in [2.24, 2.45) is 12.1 Å². The van der Waals surface area contributed by atoms with Gasteiger partial charge >= 0.3 is 0 Å². The molecule has 0 radical (unpaired) electrons. The Kier molecular flexibility index (Phi) is 5.73. The van der Waals surface area contributed by atoms with E-state index in [9.17, 15) is 9.59 Å². The van der Waals surface area contributed by atoms with Gasteiger partial charge in [-0.1, -0.05) is 48.0 Å². The second kappa shape index (κ2) is 8.62. The van der Waals surface area contributed by atoms with Gasteiger partial charge in [-0.2, -0.15) is 5.10 Å². The fraction of sp³-hybridized carbons (Fsp3) is 0.125. The van der Waals surface area contributed by atoms with E-state index in [1.807, 2.05) is 56.4 Å². The van der Waals surface area contributed by atoms with Crippen LogP contribution in [0.4, 0.5) is 0 Å². The number of nitrogens with zero attached hydrogens (tertiary/aromatic N) is 3. The molecule has 0 aliphatic heterocycles. The Labute approximate surface area is 184 Å². The van der Waals surface area contributed by atoms with Crippen LogP contribution in [0.15, 0.2) is 76.8 Å². The number of carbonyl (C=O) groups is 1. The van der Waals surface area contributed by atoms with Gasteiger partial charge in [-0.3, -0.25) is 9.59 Å². The quantitative estimate of drug-likeness (QED) is 0.381. The number of aryl methyl sites for hydroxylation is 1. The number of benzene rings is 2. The molecule has 6 nitrogen and oxygen atoms in total. The predicted octanol–water partition coefficient (Wildman–Crippen LogP) is 4.11. The zero-order chi connectivity index (χ0) is 22.0. The maximum atomic E-state index is 12.8. The highest BCUT2D eigenvalue weighted by Gasteiger charge is 2.13. The highest BCUT2D eigenvalue weighted by molar-refractivity contribution is 6.31. The number of fused-ring (bicyclic) bond motifs is 1. The smallest absolute Gasteiger partial charge is 0.276 e. The first-order chi connectivity index (χ1) is 15.0. The topological polar surface area (TPSA) is 68.4 Å². The Morgan fingerprint density at radius 2 is 1.84 bits per heavy atom. The number of amides is 1. The van der Waals surface area contributed by atoms with Gasteiger partial charge in [-0.05, 0) is 36.8 Å². The Morgan fingerprint density at radius 1 is 1.10 bits per heavy atom. The van der Waals surface area contributed by atoms with E-state index in [0.29, 0.717) is 5.02 Å². The number of rotatable bonds is 5. The van der Waals surface area contributed by atoms with Crippen molar-refractivity contribution in [3.05, 3.63) is 105 Å². The van der Waals surface area contributed by atoms with Crippen LogP contribution in [0.2, 0.25) is 5.02 Å². The summed E-state index contributed by atoms with van der Waals surface area (Å²) in [7, 11) is 1.99. The number of hydrazone groups is 1. The Balaban J connectivity index is 1.56. The average molecular weight is 433 g/mol. The molecule has 0 aliphatic carbocycles. The van der Waals surface area contributed by atoms with E-state index in [1.54, 1.807) is 24.5 Å². The first-order valence-corrected chi connectivity index (χ1v) is 10.2. The van der Waals surface area contributed by atoms with Crippen molar-refractivity contribution in [3.8, 4) is 0 Å². The minimum atomic E-state index is -0.562.